The average Bonchev–Trinajstić information content (AvgIpc) is 2.82. The van der Waals surface area contributed by atoms with Crippen LogP contribution in [-0.4, -0.2) is 38.0 Å². The number of rotatable bonds is 4. The lowest BCUT2D eigenvalue weighted by atomic mass is 10.0. The summed E-state index contributed by atoms with van der Waals surface area (Å²) in [5.41, 5.74) is 0.198. The minimum atomic E-state index is -1.00. The molecular formula is C13H16N4O3. The number of carbonyl (C=O) groups excluding carboxylic acids is 1. The van der Waals surface area contributed by atoms with Crippen LogP contribution in [-0.2, 0) is 11.3 Å². The Hall–Kier alpha value is -1.92. The molecular weight excluding hydrogens is 260 g/mol. The van der Waals surface area contributed by atoms with E-state index in [2.05, 4.69) is 15.6 Å². The molecule has 4 unspecified atom stereocenters. The highest BCUT2D eigenvalue weighted by atomic mass is 16.4. The van der Waals surface area contributed by atoms with Crippen molar-refractivity contribution in [2.24, 2.45) is 23.7 Å². The highest BCUT2D eigenvalue weighted by Gasteiger charge is 2.65. The van der Waals surface area contributed by atoms with Crippen LogP contribution in [0.4, 0.5) is 0 Å². The van der Waals surface area contributed by atoms with Crippen molar-refractivity contribution in [3.63, 3.8) is 0 Å². The first-order chi connectivity index (χ1) is 9.63. The quantitative estimate of drug-likeness (QED) is 0.815. The van der Waals surface area contributed by atoms with Crippen molar-refractivity contribution < 1.29 is 14.7 Å². The molecule has 0 radical (unpaired) electrons. The van der Waals surface area contributed by atoms with Gasteiger partial charge in [-0.25, -0.2) is 4.68 Å². The normalized spacial score (nSPS) is 36.7. The van der Waals surface area contributed by atoms with Crippen LogP contribution in [0.2, 0.25) is 0 Å². The van der Waals surface area contributed by atoms with E-state index in [0.717, 1.165) is 16.5 Å². The van der Waals surface area contributed by atoms with E-state index in [1.807, 2.05) is 0 Å². The van der Waals surface area contributed by atoms with Gasteiger partial charge in [-0.2, -0.15) is 0 Å². The number of aliphatic carboxylic acids is 1. The predicted octanol–water partition coefficient (Wildman–Crippen LogP) is 0.137. The van der Waals surface area contributed by atoms with E-state index in [4.69, 9.17) is 5.11 Å². The van der Waals surface area contributed by atoms with Gasteiger partial charge in [0.15, 0.2) is 5.69 Å². The molecule has 0 aliphatic heterocycles. The zero-order chi connectivity index (χ0) is 13.9. The number of carbonyl (C=O) groups is 2. The number of amides is 1. The second kappa shape index (κ2) is 4.04. The van der Waals surface area contributed by atoms with Crippen LogP contribution < -0.4 is 5.32 Å². The molecule has 3 aliphatic rings. The van der Waals surface area contributed by atoms with Crippen molar-refractivity contribution in [2.45, 2.75) is 31.8 Å². The molecule has 7 nitrogen and oxygen atoms in total. The fraction of sp³-hybridized carbons (Fsp3) is 0.692. The fourth-order valence-electron chi connectivity index (χ4n) is 4.36. The Labute approximate surface area is 115 Å². The lowest BCUT2D eigenvalue weighted by Gasteiger charge is -2.09. The van der Waals surface area contributed by atoms with Crippen LogP contribution in [0.3, 0.4) is 0 Å². The monoisotopic (exact) mass is 276 g/mol. The summed E-state index contributed by atoms with van der Waals surface area (Å²) in [6, 6.07) is 0.304. The molecule has 1 aromatic heterocycles. The molecule has 4 rings (SSSR count). The highest BCUT2D eigenvalue weighted by Crippen LogP contribution is 2.65. The van der Waals surface area contributed by atoms with Crippen molar-refractivity contribution >= 4 is 11.9 Å². The number of carboxylic acids is 1. The predicted molar refractivity (Wildman–Crippen MR) is 66.7 cm³/mol. The Bertz CT molecular complexity index is 568. The maximum atomic E-state index is 12.1. The van der Waals surface area contributed by atoms with Crippen molar-refractivity contribution in [1.29, 1.82) is 0 Å². The van der Waals surface area contributed by atoms with Gasteiger partial charge in [0.2, 0.25) is 0 Å². The van der Waals surface area contributed by atoms with Gasteiger partial charge >= 0.3 is 5.97 Å². The van der Waals surface area contributed by atoms with Crippen molar-refractivity contribution in [3.05, 3.63) is 11.9 Å². The molecule has 1 aromatic rings. The van der Waals surface area contributed by atoms with Gasteiger partial charge in [0.25, 0.3) is 5.91 Å². The van der Waals surface area contributed by atoms with Gasteiger partial charge in [-0.3, -0.25) is 9.59 Å². The molecule has 106 valence electrons. The fourth-order valence-corrected chi connectivity index (χ4v) is 4.36. The second-order valence-corrected chi connectivity index (χ2v) is 6.18. The number of fused-ring (bicyclic) bond motifs is 5. The van der Waals surface area contributed by atoms with Gasteiger partial charge in [0.1, 0.15) is 6.54 Å². The third-order valence-corrected chi connectivity index (χ3v) is 5.10. The molecule has 7 heteroatoms. The number of aromatic nitrogens is 3. The van der Waals surface area contributed by atoms with Crippen molar-refractivity contribution in [3.8, 4) is 0 Å². The average molecular weight is 276 g/mol. The van der Waals surface area contributed by atoms with Crippen LogP contribution >= 0.6 is 0 Å². The van der Waals surface area contributed by atoms with E-state index in [9.17, 15) is 9.59 Å². The topological polar surface area (TPSA) is 97.1 Å². The zero-order valence-electron chi connectivity index (χ0n) is 10.9. The third kappa shape index (κ3) is 1.72. The van der Waals surface area contributed by atoms with E-state index in [-0.39, 0.29) is 18.1 Å². The molecule has 2 bridgehead atoms. The third-order valence-electron chi connectivity index (χ3n) is 5.10. The van der Waals surface area contributed by atoms with E-state index >= 15 is 0 Å². The Morgan fingerprint density at radius 3 is 2.70 bits per heavy atom. The summed E-state index contributed by atoms with van der Waals surface area (Å²) in [6.07, 6.45) is 5.35. The van der Waals surface area contributed by atoms with Crippen molar-refractivity contribution in [1.82, 2.24) is 20.3 Å². The molecule has 20 heavy (non-hydrogen) atoms. The van der Waals surface area contributed by atoms with Crippen LogP contribution in [0.5, 0.6) is 0 Å². The van der Waals surface area contributed by atoms with E-state index in [0.29, 0.717) is 17.9 Å². The molecule has 3 aliphatic carbocycles. The first-order valence-electron chi connectivity index (χ1n) is 7.06. The Morgan fingerprint density at radius 2 is 2.05 bits per heavy atom. The molecule has 2 N–H and O–H groups in total. The van der Waals surface area contributed by atoms with Gasteiger partial charge in [0, 0.05) is 6.04 Å². The summed E-state index contributed by atoms with van der Waals surface area (Å²) in [4.78, 5) is 22.6. The summed E-state index contributed by atoms with van der Waals surface area (Å²) in [7, 11) is 0. The van der Waals surface area contributed by atoms with Crippen LogP contribution in [0.25, 0.3) is 0 Å². The molecule has 0 spiro atoms. The molecule has 0 saturated heterocycles. The Kier molecular flexibility index (Phi) is 2.40. The minimum Gasteiger partial charge on any atom is -0.480 e. The molecule has 3 saturated carbocycles. The first-order valence-corrected chi connectivity index (χ1v) is 7.06. The molecule has 1 amide bonds. The Morgan fingerprint density at radius 1 is 1.35 bits per heavy atom. The maximum Gasteiger partial charge on any atom is 0.325 e. The van der Waals surface area contributed by atoms with Crippen LogP contribution in [0, 0.1) is 23.7 Å². The maximum absolute atomic E-state index is 12.1. The van der Waals surface area contributed by atoms with Gasteiger partial charge < -0.3 is 10.4 Å². The molecule has 3 fully saturated rings. The summed E-state index contributed by atoms with van der Waals surface area (Å²) in [5, 5.41) is 19.1. The van der Waals surface area contributed by atoms with Gasteiger partial charge in [0.05, 0.1) is 6.20 Å². The molecule has 0 aromatic carbocycles. The van der Waals surface area contributed by atoms with E-state index < -0.39 is 5.97 Å². The SMILES string of the molecule is O=C(O)Cn1cc(C(=O)NC2C3C4CCC(C4)C23)nn1. The first kappa shape index (κ1) is 11.9. The lowest BCUT2D eigenvalue weighted by Crippen LogP contribution is -2.30. The summed E-state index contributed by atoms with van der Waals surface area (Å²) in [5.74, 6) is 1.71. The van der Waals surface area contributed by atoms with Crippen LogP contribution in [0.1, 0.15) is 29.8 Å². The van der Waals surface area contributed by atoms with Crippen molar-refractivity contribution in [2.75, 3.05) is 0 Å². The second-order valence-electron chi connectivity index (χ2n) is 6.18. The Balaban J connectivity index is 1.39. The standard InChI is InChI=1S/C13H16N4O3/c18-9(19)5-17-4-8(15-16-17)13(20)14-12-10-6-1-2-7(3-6)11(10)12/h4,6-7,10-12H,1-3,5H2,(H,14,20)(H,18,19). The largest absolute Gasteiger partial charge is 0.480 e. The number of nitrogens with one attached hydrogen (secondary N) is 1. The van der Waals surface area contributed by atoms with Gasteiger partial charge in [-0.15, -0.1) is 5.10 Å². The number of hydrogen-bond donors (Lipinski definition) is 2. The van der Waals surface area contributed by atoms with Crippen LogP contribution in [0.15, 0.2) is 6.20 Å². The summed E-state index contributed by atoms with van der Waals surface area (Å²) in [6.45, 7) is -0.279. The lowest BCUT2D eigenvalue weighted by molar-refractivity contribution is -0.137. The minimum absolute atomic E-state index is 0.198. The smallest absolute Gasteiger partial charge is 0.325 e. The summed E-state index contributed by atoms with van der Waals surface area (Å²) >= 11 is 0. The molecule has 4 atom stereocenters. The van der Waals surface area contributed by atoms with Gasteiger partial charge in [-0.1, -0.05) is 5.21 Å². The summed E-state index contributed by atoms with van der Waals surface area (Å²) < 4.78 is 1.16. The number of hydrogen-bond acceptors (Lipinski definition) is 4. The van der Waals surface area contributed by atoms with E-state index in [1.54, 1.807) is 0 Å². The molecule has 1 heterocycles. The highest BCUT2D eigenvalue weighted by molar-refractivity contribution is 5.92. The number of carboxylic acid groups (broad SMARTS) is 1. The number of nitrogens with zero attached hydrogens (tertiary/aromatic N) is 3. The van der Waals surface area contributed by atoms with E-state index in [1.165, 1.54) is 25.5 Å². The zero-order valence-corrected chi connectivity index (χ0v) is 10.9. The van der Waals surface area contributed by atoms with Gasteiger partial charge in [-0.05, 0) is 42.9 Å².